The molecule has 0 radical (unpaired) electrons. The van der Waals surface area contributed by atoms with Crippen LogP contribution >= 0.6 is 34.3 Å². The number of carbonyl (C=O) groups is 1. The Hall–Kier alpha value is -2.48. The molecular formula is C20H16ClN3O2S2. The fourth-order valence-corrected chi connectivity index (χ4v) is 4.72. The van der Waals surface area contributed by atoms with E-state index in [1.54, 1.807) is 23.5 Å². The molecule has 1 amide bonds. The number of amides is 1. The molecule has 2 aromatic carbocycles. The van der Waals surface area contributed by atoms with E-state index in [2.05, 4.69) is 9.97 Å². The van der Waals surface area contributed by atoms with Crippen LogP contribution in [0, 0.1) is 0 Å². The van der Waals surface area contributed by atoms with E-state index in [1.807, 2.05) is 43.3 Å². The number of methoxy groups -OCH3 is 1. The molecule has 2 aromatic heterocycles. The minimum absolute atomic E-state index is 0.163. The van der Waals surface area contributed by atoms with Gasteiger partial charge in [0.25, 0.3) is 5.91 Å². The maximum atomic E-state index is 13.1. The van der Waals surface area contributed by atoms with Crippen LogP contribution in [0.2, 0.25) is 5.02 Å². The van der Waals surface area contributed by atoms with Crippen LogP contribution in [0.4, 0.5) is 5.13 Å². The van der Waals surface area contributed by atoms with Gasteiger partial charge in [0, 0.05) is 22.5 Å². The van der Waals surface area contributed by atoms with E-state index in [0.717, 1.165) is 26.5 Å². The zero-order valence-corrected chi connectivity index (χ0v) is 17.6. The van der Waals surface area contributed by atoms with Crippen molar-refractivity contribution in [1.29, 1.82) is 0 Å². The van der Waals surface area contributed by atoms with E-state index in [1.165, 1.54) is 22.7 Å². The Labute approximate surface area is 175 Å². The first-order valence-electron chi connectivity index (χ1n) is 8.57. The Kier molecular flexibility index (Phi) is 5.30. The van der Waals surface area contributed by atoms with E-state index >= 15 is 0 Å². The molecule has 5 nitrogen and oxygen atoms in total. The number of fused-ring (bicyclic) bond motifs is 1. The molecule has 0 aliphatic heterocycles. The van der Waals surface area contributed by atoms with Crippen molar-refractivity contribution in [3.8, 4) is 16.3 Å². The van der Waals surface area contributed by atoms with Crippen molar-refractivity contribution < 1.29 is 9.53 Å². The second-order valence-corrected chi connectivity index (χ2v) is 8.23. The summed E-state index contributed by atoms with van der Waals surface area (Å²) in [6, 6.07) is 13.2. The monoisotopic (exact) mass is 429 g/mol. The van der Waals surface area contributed by atoms with E-state index in [4.69, 9.17) is 16.3 Å². The summed E-state index contributed by atoms with van der Waals surface area (Å²) in [4.78, 5) is 23.8. The second kappa shape index (κ2) is 7.87. The fraction of sp³-hybridized carbons (Fsp3) is 0.150. The Morgan fingerprint density at radius 3 is 2.68 bits per heavy atom. The van der Waals surface area contributed by atoms with E-state index < -0.39 is 0 Å². The maximum Gasteiger partial charge on any atom is 0.279 e. The van der Waals surface area contributed by atoms with Gasteiger partial charge in [-0.05, 0) is 49.4 Å². The van der Waals surface area contributed by atoms with Crippen LogP contribution in [0.1, 0.15) is 17.4 Å². The molecule has 142 valence electrons. The van der Waals surface area contributed by atoms with E-state index in [-0.39, 0.29) is 5.91 Å². The molecule has 28 heavy (non-hydrogen) atoms. The smallest absolute Gasteiger partial charge is 0.279 e. The third kappa shape index (κ3) is 3.61. The molecule has 0 saturated heterocycles. The van der Waals surface area contributed by atoms with Crippen LogP contribution in [0.5, 0.6) is 5.75 Å². The molecule has 0 unspecified atom stereocenters. The summed E-state index contributed by atoms with van der Waals surface area (Å²) in [6.07, 6.45) is 0. The van der Waals surface area contributed by atoms with Crippen LogP contribution < -0.4 is 9.64 Å². The number of nitrogens with zero attached hydrogens (tertiary/aromatic N) is 3. The normalized spacial score (nSPS) is 11.0. The van der Waals surface area contributed by atoms with Gasteiger partial charge >= 0.3 is 0 Å². The number of rotatable bonds is 5. The lowest BCUT2D eigenvalue weighted by molar-refractivity contribution is 0.0984. The zero-order valence-electron chi connectivity index (χ0n) is 15.2. The molecule has 0 spiro atoms. The number of carbonyl (C=O) groups excluding carboxylic acids is 1. The lowest BCUT2D eigenvalue weighted by Crippen LogP contribution is -2.30. The SMILES string of the molecule is CCN(C(=O)c1csc(-c2ccc(OC)cc2)n1)c1nc2cc(Cl)ccc2s1. The van der Waals surface area contributed by atoms with Gasteiger partial charge in [0.2, 0.25) is 0 Å². The van der Waals surface area contributed by atoms with Crippen LogP contribution in [0.3, 0.4) is 0 Å². The molecule has 0 atom stereocenters. The van der Waals surface area contributed by atoms with Crippen LogP contribution in [-0.4, -0.2) is 29.5 Å². The summed E-state index contributed by atoms with van der Waals surface area (Å²) < 4.78 is 6.17. The maximum absolute atomic E-state index is 13.1. The molecule has 8 heteroatoms. The summed E-state index contributed by atoms with van der Waals surface area (Å²) >= 11 is 8.95. The second-order valence-electron chi connectivity index (χ2n) is 5.92. The highest BCUT2D eigenvalue weighted by atomic mass is 35.5. The first-order chi connectivity index (χ1) is 13.6. The Balaban J connectivity index is 1.62. The average Bonchev–Trinajstić information content (AvgIpc) is 3.35. The zero-order chi connectivity index (χ0) is 19.7. The third-order valence-corrected chi connectivity index (χ3v) is 6.38. The molecule has 2 heterocycles. The third-order valence-electron chi connectivity index (χ3n) is 4.19. The van der Waals surface area contributed by atoms with Gasteiger partial charge in [0.15, 0.2) is 5.13 Å². The summed E-state index contributed by atoms with van der Waals surface area (Å²) in [5.74, 6) is 0.619. The standard InChI is InChI=1S/C20H16ClN3O2S2/c1-3-24(20-23-15-10-13(21)6-9-17(15)28-20)19(25)16-11-27-18(22-16)12-4-7-14(26-2)8-5-12/h4-11H,3H2,1-2H3. The number of aromatic nitrogens is 2. The summed E-state index contributed by atoms with van der Waals surface area (Å²) in [5, 5.41) is 3.85. The van der Waals surface area contributed by atoms with E-state index in [9.17, 15) is 4.79 Å². The van der Waals surface area contributed by atoms with Crippen LogP contribution in [0.15, 0.2) is 47.8 Å². The summed E-state index contributed by atoms with van der Waals surface area (Å²) in [5.41, 5.74) is 2.15. The van der Waals surface area contributed by atoms with Crippen LogP contribution in [0.25, 0.3) is 20.8 Å². The number of ether oxygens (including phenoxy) is 1. The Bertz CT molecular complexity index is 1140. The van der Waals surface area contributed by atoms with Gasteiger partial charge < -0.3 is 4.74 Å². The van der Waals surface area contributed by atoms with Crippen molar-refractivity contribution in [1.82, 2.24) is 9.97 Å². The lowest BCUT2D eigenvalue weighted by atomic mass is 10.2. The topological polar surface area (TPSA) is 55.3 Å². The Morgan fingerprint density at radius 1 is 1.18 bits per heavy atom. The minimum atomic E-state index is -0.163. The van der Waals surface area contributed by atoms with Gasteiger partial charge in [-0.25, -0.2) is 9.97 Å². The van der Waals surface area contributed by atoms with Crippen molar-refractivity contribution in [2.24, 2.45) is 0 Å². The highest BCUT2D eigenvalue weighted by Gasteiger charge is 2.22. The number of thiazole rings is 2. The molecule has 0 N–H and O–H groups in total. The Morgan fingerprint density at radius 2 is 1.96 bits per heavy atom. The summed E-state index contributed by atoms with van der Waals surface area (Å²) in [6.45, 7) is 2.43. The highest BCUT2D eigenvalue weighted by Crippen LogP contribution is 2.32. The van der Waals surface area contributed by atoms with Crippen molar-refractivity contribution in [2.75, 3.05) is 18.6 Å². The number of benzene rings is 2. The van der Waals surface area contributed by atoms with Crippen molar-refractivity contribution in [3.63, 3.8) is 0 Å². The van der Waals surface area contributed by atoms with Crippen LogP contribution in [-0.2, 0) is 0 Å². The first kappa shape index (κ1) is 18.9. The number of halogens is 1. The van der Waals surface area contributed by atoms with Gasteiger partial charge in [-0.1, -0.05) is 22.9 Å². The average molecular weight is 430 g/mol. The molecule has 0 aliphatic rings. The quantitative estimate of drug-likeness (QED) is 0.405. The lowest BCUT2D eigenvalue weighted by Gasteiger charge is -2.16. The minimum Gasteiger partial charge on any atom is -0.497 e. The summed E-state index contributed by atoms with van der Waals surface area (Å²) in [7, 11) is 1.63. The largest absolute Gasteiger partial charge is 0.497 e. The molecule has 0 bridgehead atoms. The highest BCUT2D eigenvalue weighted by molar-refractivity contribution is 7.22. The molecule has 0 aliphatic carbocycles. The first-order valence-corrected chi connectivity index (χ1v) is 10.6. The molecule has 0 fully saturated rings. The molecule has 4 aromatic rings. The van der Waals surface area contributed by atoms with Crippen molar-refractivity contribution >= 4 is 55.5 Å². The fourth-order valence-electron chi connectivity index (χ4n) is 2.75. The number of hydrogen-bond donors (Lipinski definition) is 0. The van der Waals surface area contributed by atoms with Crippen molar-refractivity contribution in [2.45, 2.75) is 6.92 Å². The van der Waals surface area contributed by atoms with Gasteiger partial charge in [-0.15, -0.1) is 11.3 Å². The molecular weight excluding hydrogens is 414 g/mol. The van der Waals surface area contributed by atoms with Crippen molar-refractivity contribution in [3.05, 3.63) is 58.6 Å². The number of anilines is 1. The molecule has 0 saturated carbocycles. The van der Waals surface area contributed by atoms with Gasteiger partial charge in [-0.2, -0.15) is 0 Å². The molecule has 4 rings (SSSR count). The van der Waals surface area contributed by atoms with Gasteiger partial charge in [-0.3, -0.25) is 9.69 Å². The van der Waals surface area contributed by atoms with E-state index in [0.29, 0.717) is 22.4 Å². The number of hydrogen-bond acceptors (Lipinski definition) is 6. The predicted molar refractivity (Wildman–Crippen MR) is 116 cm³/mol. The predicted octanol–water partition coefficient (Wildman–Crippen LogP) is 5.75. The van der Waals surface area contributed by atoms with Gasteiger partial charge in [0.05, 0.1) is 17.3 Å². The van der Waals surface area contributed by atoms with Gasteiger partial charge in [0.1, 0.15) is 16.5 Å².